The number of anilines is 1. The maximum absolute atomic E-state index is 5.38. The SMILES string of the molecule is Cc1cnccc1-c1cncc(NCC2CCOCC2)n1. The first-order valence-electron chi connectivity index (χ1n) is 7.37. The van der Waals surface area contributed by atoms with E-state index in [1.54, 1.807) is 18.6 Å². The molecule has 0 radical (unpaired) electrons. The van der Waals surface area contributed by atoms with Gasteiger partial charge >= 0.3 is 0 Å². The third-order valence-corrected chi connectivity index (χ3v) is 3.84. The molecule has 0 atom stereocenters. The van der Waals surface area contributed by atoms with Crippen LogP contribution in [0.15, 0.2) is 30.9 Å². The van der Waals surface area contributed by atoms with Gasteiger partial charge in [-0.15, -0.1) is 0 Å². The van der Waals surface area contributed by atoms with Gasteiger partial charge in [-0.05, 0) is 37.3 Å². The van der Waals surface area contributed by atoms with Crippen molar-refractivity contribution in [2.75, 3.05) is 25.1 Å². The highest BCUT2D eigenvalue weighted by Gasteiger charge is 2.13. The molecule has 5 heteroatoms. The number of pyridine rings is 1. The van der Waals surface area contributed by atoms with E-state index in [1.165, 1.54) is 0 Å². The number of aryl methyl sites for hydroxylation is 1. The zero-order chi connectivity index (χ0) is 14.5. The molecule has 0 aromatic carbocycles. The molecule has 2 aromatic rings. The highest BCUT2D eigenvalue weighted by atomic mass is 16.5. The summed E-state index contributed by atoms with van der Waals surface area (Å²) in [7, 11) is 0. The van der Waals surface area contributed by atoms with Crippen LogP contribution in [0.2, 0.25) is 0 Å². The summed E-state index contributed by atoms with van der Waals surface area (Å²) >= 11 is 0. The smallest absolute Gasteiger partial charge is 0.145 e. The normalized spacial score (nSPS) is 15.9. The van der Waals surface area contributed by atoms with Crippen LogP contribution in [-0.2, 0) is 4.74 Å². The fourth-order valence-electron chi connectivity index (χ4n) is 2.54. The van der Waals surface area contributed by atoms with Crippen LogP contribution in [0.25, 0.3) is 11.3 Å². The van der Waals surface area contributed by atoms with Gasteiger partial charge in [0.2, 0.25) is 0 Å². The summed E-state index contributed by atoms with van der Waals surface area (Å²) in [6.45, 7) is 4.70. The van der Waals surface area contributed by atoms with Crippen molar-refractivity contribution in [3.05, 3.63) is 36.4 Å². The number of nitrogens with zero attached hydrogens (tertiary/aromatic N) is 3. The predicted molar refractivity (Wildman–Crippen MR) is 82.0 cm³/mol. The number of rotatable bonds is 4. The van der Waals surface area contributed by atoms with Crippen molar-refractivity contribution < 1.29 is 4.74 Å². The second-order valence-electron chi connectivity index (χ2n) is 5.42. The second-order valence-corrected chi connectivity index (χ2v) is 5.42. The minimum atomic E-state index is 0.659. The molecule has 21 heavy (non-hydrogen) atoms. The number of ether oxygens (including phenoxy) is 1. The Morgan fingerprint density at radius 2 is 2.05 bits per heavy atom. The van der Waals surface area contributed by atoms with Crippen molar-refractivity contribution in [3.63, 3.8) is 0 Å². The molecule has 0 aliphatic carbocycles. The van der Waals surface area contributed by atoms with E-state index < -0.39 is 0 Å². The monoisotopic (exact) mass is 284 g/mol. The van der Waals surface area contributed by atoms with Gasteiger partial charge in [-0.2, -0.15) is 0 Å². The Morgan fingerprint density at radius 1 is 1.19 bits per heavy atom. The molecular weight excluding hydrogens is 264 g/mol. The van der Waals surface area contributed by atoms with Gasteiger partial charge in [0.15, 0.2) is 0 Å². The molecule has 0 spiro atoms. The molecule has 1 saturated heterocycles. The predicted octanol–water partition coefficient (Wildman–Crippen LogP) is 2.69. The van der Waals surface area contributed by atoms with Crippen LogP contribution >= 0.6 is 0 Å². The lowest BCUT2D eigenvalue weighted by Crippen LogP contribution is -2.23. The highest BCUT2D eigenvalue weighted by Crippen LogP contribution is 2.21. The third-order valence-electron chi connectivity index (χ3n) is 3.84. The fourth-order valence-corrected chi connectivity index (χ4v) is 2.54. The van der Waals surface area contributed by atoms with Gasteiger partial charge in [0, 0.05) is 37.7 Å². The molecular formula is C16H20N4O. The Labute approximate surface area is 124 Å². The summed E-state index contributed by atoms with van der Waals surface area (Å²) in [6, 6.07) is 1.97. The maximum atomic E-state index is 5.38. The van der Waals surface area contributed by atoms with Crippen LogP contribution in [0.3, 0.4) is 0 Å². The van der Waals surface area contributed by atoms with E-state index in [2.05, 4.69) is 20.3 Å². The highest BCUT2D eigenvalue weighted by molar-refractivity contribution is 5.62. The number of hydrogen-bond acceptors (Lipinski definition) is 5. The van der Waals surface area contributed by atoms with Gasteiger partial charge in [0.05, 0.1) is 18.1 Å². The quantitative estimate of drug-likeness (QED) is 0.935. The maximum Gasteiger partial charge on any atom is 0.145 e. The minimum absolute atomic E-state index is 0.659. The lowest BCUT2D eigenvalue weighted by molar-refractivity contribution is 0.0699. The molecule has 1 N–H and O–H groups in total. The van der Waals surface area contributed by atoms with E-state index in [1.807, 2.05) is 19.2 Å². The van der Waals surface area contributed by atoms with E-state index in [9.17, 15) is 0 Å². The lowest BCUT2D eigenvalue weighted by atomic mass is 10.0. The average Bonchev–Trinajstić information content (AvgIpc) is 2.55. The van der Waals surface area contributed by atoms with Gasteiger partial charge in [-0.3, -0.25) is 9.97 Å². The van der Waals surface area contributed by atoms with Gasteiger partial charge in [-0.25, -0.2) is 4.98 Å². The topological polar surface area (TPSA) is 59.9 Å². The number of nitrogens with one attached hydrogen (secondary N) is 1. The van der Waals surface area contributed by atoms with E-state index in [0.717, 1.165) is 55.2 Å². The first-order chi connectivity index (χ1) is 10.3. The standard InChI is InChI=1S/C16H20N4O/c1-12-8-17-5-2-14(12)15-10-18-11-16(20-15)19-9-13-3-6-21-7-4-13/h2,5,8,10-11,13H,3-4,6-7,9H2,1H3,(H,19,20). The van der Waals surface area contributed by atoms with Crippen molar-refractivity contribution in [1.82, 2.24) is 15.0 Å². The molecule has 1 aliphatic rings. The molecule has 0 unspecified atom stereocenters. The number of aromatic nitrogens is 3. The van der Waals surface area contributed by atoms with Crippen LogP contribution in [0.1, 0.15) is 18.4 Å². The van der Waals surface area contributed by atoms with Gasteiger partial charge in [0.25, 0.3) is 0 Å². The molecule has 2 aromatic heterocycles. The Morgan fingerprint density at radius 3 is 2.86 bits per heavy atom. The molecule has 3 rings (SSSR count). The average molecular weight is 284 g/mol. The molecule has 1 fully saturated rings. The van der Waals surface area contributed by atoms with E-state index in [0.29, 0.717) is 5.92 Å². The summed E-state index contributed by atoms with van der Waals surface area (Å²) in [5.74, 6) is 1.49. The van der Waals surface area contributed by atoms with E-state index >= 15 is 0 Å². The minimum Gasteiger partial charge on any atom is -0.381 e. The van der Waals surface area contributed by atoms with Crippen molar-refractivity contribution in [2.24, 2.45) is 5.92 Å². The largest absolute Gasteiger partial charge is 0.381 e. The summed E-state index contributed by atoms with van der Waals surface area (Å²) in [6.07, 6.45) is 9.43. The molecule has 0 bridgehead atoms. The van der Waals surface area contributed by atoms with Crippen LogP contribution in [0.4, 0.5) is 5.82 Å². The molecule has 3 heterocycles. The number of hydrogen-bond donors (Lipinski definition) is 1. The Hall–Kier alpha value is -2.01. The Kier molecular flexibility index (Phi) is 4.40. The Balaban J connectivity index is 1.70. The van der Waals surface area contributed by atoms with Crippen LogP contribution in [-0.4, -0.2) is 34.7 Å². The molecule has 110 valence electrons. The van der Waals surface area contributed by atoms with Crippen LogP contribution < -0.4 is 5.32 Å². The van der Waals surface area contributed by atoms with Crippen molar-refractivity contribution in [3.8, 4) is 11.3 Å². The zero-order valence-electron chi connectivity index (χ0n) is 12.2. The van der Waals surface area contributed by atoms with Gasteiger partial charge < -0.3 is 10.1 Å². The Bertz CT molecular complexity index is 596. The first kappa shape index (κ1) is 13.9. The van der Waals surface area contributed by atoms with Crippen molar-refractivity contribution in [1.29, 1.82) is 0 Å². The lowest BCUT2D eigenvalue weighted by Gasteiger charge is -2.22. The molecule has 0 saturated carbocycles. The summed E-state index contributed by atoms with van der Waals surface area (Å²) in [5.41, 5.74) is 3.06. The zero-order valence-corrected chi connectivity index (χ0v) is 12.2. The van der Waals surface area contributed by atoms with Gasteiger partial charge in [-0.1, -0.05) is 0 Å². The second kappa shape index (κ2) is 6.63. The summed E-state index contributed by atoms with van der Waals surface area (Å²) < 4.78 is 5.38. The van der Waals surface area contributed by atoms with E-state index in [4.69, 9.17) is 4.74 Å². The molecule has 0 amide bonds. The molecule has 1 aliphatic heterocycles. The van der Waals surface area contributed by atoms with Crippen LogP contribution in [0, 0.1) is 12.8 Å². The summed E-state index contributed by atoms with van der Waals surface area (Å²) in [5, 5.41) is 3.40. The van der Waals surface area contributed by atoms with Crippen molar-refractivity contribution >= 4 is 5.82 Å². The van der Waals surface area contributed by atoms with E-state index in [-0.39, 0.29) is 0 Å². The van der Waals surface area contributed by atoms with Crippen molar-refractivity contribution in [2.45, 2.75) is 19.8 Å². The summed E-state index contributed by atoms with van der Waals surface area (Å²) in [4.78, 5) is 13.1. The fraction of sp³-hybridized carbons (Fsp3) is 0.438. The third kappa shape index (κ3) is 3.55. The van der Waals surface area contributed by atoms with Gasteiger partial charge in [0.1, 0.15) is 5.82 Å². The molecule has 5 nitrogen and oxygen atoms in total. The first-order valence-corrected chi connectivity index (χ1v) is 7.37. The van der Waals surface area contributed by atoms with Crippen LogP contribution in [0.5, 0.6) is 0 Å².